The standard InChI is InChI=1S/C16H13FN2O2/c1-10-13-8-12(17)2-3-14(13)21-15(10)16(20)19-9-11-4-6-18-7-5-11/h2-8H,9H2,1H3,(H,19,20). The SMILES string of the molecule is Cc1c(C(=O)NCc2ccncc2)oc2ccc(F)cc12. The maximum Gasteiger partial charge on any atom is 0.287 e. The lowest BCUT2D eigenvalue weighted by atomic mass is 10.1. The van der Waals surface area contributed by atoms with E-state index in [0.29, 0.717) is 23.1 Å². The van der Waals surface area contributed by atoms with Gasteiger partial charge in [0, 0.05) is 29.9 Å². The van der Waals surface area contributed by atoms with Crippen molar-refractivity contribution in [1.29, 1.82) is 0 Å². The number of nitrogens with zero attached hydrogens (tertiary/aromatic N) is 1. The van der Waals surface area contributed by atoms with Crippen molar-refractivity contribution < 1.29 is 13.6 Å². The normalized spacial score (nSPS) is 10.8. The van der Waals surface area contributed by atoms with Crippen LogP contribution >= 0.6 is 0 Å². The maximum atomic E-state index is 13.2. The lowest BCUT2D eigenvalue weighted by Gasteiger charge is -2.03. The predicted octanol–water partition coefficient (Wildman–Crippen LogP) is 3.21. The van der Waals surface area contributed by atoms with E-state index in [2.05, 4.69) is 10.3 Å². The maximum absolute atomic E-state index is 13.2. The molecule has 0 bridgehead atoms. The van der Waals surface area contributed by atoms with Gasteiger partial charge in [-0.15, -0.1) is 0 Å². The van der Waals surface area contributed by atoms with Gasteiger partial charge in [-0.05, 0) is 42.8 Å². The van der Waals surface area contributed by atoms with Crippen LogP contribution in [-0.2, 0) is 6.54 Å². The average Bonchev–Trinajstić information content (AvgIpc) is 2.83. The number of aryl methyl sites for hydroxylation is 1. The third-order valence-corrected chi connectivity index (χ3v) is 3.31. The molecule has 0 unspecified atom stereocenters. The highest BCUT2D eigenvalue weighted by Gasteiger charge is 2.17. The number of halogens is 1. The number of hydrogen-bond donors (Lipinski definition) is 1. The second-order valence-electron chi connectivity index (χ2n) is 4.73. The first-order chi connectivity index (χ1) is 10.1. The van der Waals surface area contributed by atoms with Crippen molar-refractivity contribution in [2.45, 2.75) is 13.5 Å². The zero-order chi connectivity index (χ0) is 14.8. The summed E-state index contributed by atoms with van der Waals surface area (Å²) in [4.78, 5) is 16.1. The summed E-state index contributed by atoms with van der Waals surface area (Å²) in [6.07, 6.45) is 3.33. The van der Waals surface area contributed by atoms with Gasteiger partial charge in [-0.25, -0.2) is 4.39 Å². The first-order valence-corrected chi connectivity index (χ1v) is 6.51. The Labute approximate surface area is 120 Å². The van der Waals surface area contributed by atoms with E-state index in [-0.39, 0.29) is 17.5 Å². The van der Waals surface area contributed by atoms with Gasteiger partial charge in [0.2, 0.25) is 0 Å². The molecular formula is C16H13FN2O2. The molecule has 0 saturated heterocycles. The van der Waals surface area contributed by atoms with Crippen LogP contribution in [-0.4, -0.2) is 10.9 Å². The number of hydrogen-bond acceptors (Lipinski definition) is 3. The van der Waals surface area contributed by atoms with Crippen LogP contribution < -0.4 is 5.32 Å². The lowest BCUT2D eigenvalue weighted by molar-refractivity contribution is 0.0924. The van der Waals surface area contributed by atoms with Crippen LogP contribution in [0.4, 0.5) is 4.39 Å². The summed E-state index contributed by atoms with van der Waals surface area (Å²) in [5, 5.41) is 3.39. The number of fused-ring (bicyclic) bond motifs is 1. The van der Waals surface area contributed by atoms with E-state index in [0.717, 1.165) is 5.56 Å². The van der Waals surface area contributed by atoms with Crippen LogP contribution in [0.25, 0.3) is 11.0 Å². The van der Waals surface area contributed by atoms with Gasteiger partial charge in [0.25, 0.3) is 5.91 Å². The highest BCUT2D eigenvalue weighted by Crippen LogP contribution is 2.25. The summed E-state index contributed by atoms with van der Waals surface area (Å²) >= 11 is 0. The van der Waals surface area contributed by atoms with Crippen LogP contribution in [0.3, 0.4) is 0 Å². The van der Waals surface area contributed by atoms with Crippen LogP contribution in [0.5, 0.6) is 0 Å². The summed E-state index contributed by atoms with van der Waals surface area (Å²) in [7, 11) is 0. The monoisotopic (exact) mass is 284 g/mol. The predicted molar refractivity (Wildman–Crippen MR) is 76.3 cm³/mol. The van der Waals surface area contributed by atoms with Gasteiger partial charge in [-0.1, -0.05) is 0 Å². The molecule has 0 aliphatic heterocycles. The molecule has 1 N–H and O–H groups in total. The Balaban J connectivity index is 1.83. The van der Waals surface area contributed by atoms with Crippen molar-refractivity contribution >= 4 is 16.9 Å². The highest BCUT2D eigenvalue weighted by molar-refractivity contribution is 5.98. The van der Waals surface area contributed by atoms with E-state index in [9.17, 15) is 9.18 Å². The van der Waals surface area contributed by atoms with Gasteiger partial charge in [-0.3, -0.25) is 9.78 Å². The Morgan fingerprint density at radius 3 is 2.81 bits per heavy atom. The van der Waals surface area contributed by atoms with Gasteiger partial charge >= 0.3 is 0 Å². The minimum atomic E-state index is -0.352. The number of rotatable bonds is 3. The van der Waals surface area contributed by atoms with Crippen LogP contribution in [0, 0.1) is 12.7 Å². The molecule has 3 aromatic rings. The second kappa shape index (κ2) is 5.36. The number of benzene rings is 1. The summed E-state index contributed by atoms with van der Waals surface area (Å²) < 4.78 is 18.8. The summed E-state index contributed by atoms with van der Waals surface area (Å²) in [5.74, 6) is -0.458. The fourth-order valence-electron chi connectivity index (χ4n) is 2.17. The molecule has 0 saturated carbocycles. The van der Waals surface area contributed by atoms with Gasteiger partial charge in [0.1, 0.15) is 11.4 Å². The van der Waals surface area contributed by atoms with Crippen molar-refractivity contribution in [2.75, 3.05) is 0 Å². The van der Waals surface area contributed by atoms with E-state index in [1.165, 1.54) is 18.2 Å². The quantitative estimate of drug-likeness (QED) is 0.803. The molecule has 2 aromatic heterocycles. The van der Waals surface area contributed by atoms with E-state index < -0.39 is 0 Å². The number of carbonyl (C=O) groups excluding carboxylic acids is 1. The van der Waals surface area contributed by atoms with Crippen molar-refractivity contribution in [1.82, 2.24) is 10.3 Å². The van der Waals surface area contributed by atoms with Gasteiger partial charge in [0.05, 0.1) is 0 Å². The fraction of sp³-hybridized carbons (Fsp3) is 0.125. The smallest absolute Gasteiger partial charge is 0.287 e. The van der Waals surface area contributed by atoms with E-state index in [4.69, 9.17) is 4.42 Å². The number of aromatic nitrogens is 1. The summed E-state index contributed by atoms with van der Waals surface area (Å²) in [6, 6.07) is 7.84. The lowest BCUT2D eigenvalue weighted by Crippen LogP contribution is -2.22. The van der Waals surface area contributed by atoms with Crippen molar-refractivity contribution in [3.05, 3.63) is 65.4 Å². The number of pyridine rings is 1. The minimum Gasteiger partial charge on any atom is -0.451 e. The van der Waals surface area contributed by atoms with Gasteiger partial charge < -0.3 is 9.73 Å². The number of furan rings is 1. The summed E-state index contributed by atoms with van der Waals surface area (Å²) in [5.41, 5.74) is 2.08. The van der Waals surface area contributed by atoms with E-state index in [1.807, 2.05) is 12.1 Å². The molecule has 1 amide bonds. The molecule has 106 valence electrons. The fourth-order valence-corrected chi connectivity index (χ4v) is 2.17. The topological polar surface area (TPSA) is 55.1 Å². The van der Waals surface area contributed by atoms with Crippen LogP contribution in [0.15, 0.2) is 47.1 Å². The molecule has 21 heavy (non-hydrogen) atoms. The molecule has 0 radical (unpaired) electrons. The molecule has 2 heterocycles. The second-order valence-corrected chi connectivity index (χ2v) is 4.73. The summed E-state index contributed by atoms with van der Waals surface area (Å²) in [6.45, 7) is 2.12. The Kier molecular flexibility index (Phi) is 3.39. The molecule has 1 aromatic carbocycles. The zero-order valence-corrected chi connectivity index (χ0v) is 11.4. The molecular weight excluding hydrogens is 271 g/mol. The largest absolute Gasteiger partial charge is 0.451 e. The van der Waals surface area contributed by atoms with Gasteiger partial charge in [0.15, 0.2) is 5.76 Å². The Bertz CT molecular complexity index is 797. The van der Waals surface area contributed by atoms with Crippen molar-refractivity contribution in [3.8, 4) is 0 Å². The first-order valence-electron chi connectivity index (χ1n) is 6.51. The molecule has 4 nitrogen and oxygen atoms in total. The Morgan fingerprint density at radius 1 is 1.29 bits per heavy atom. The molecule has 0 fully saturated rings. The Morgan fingerprint density at radius 2 is 2.05 bits per heavy atom. The number of carbonyl (C=O) groups is 1. The van der Waals surface area contributed by atoms with Crippen molar-refractivity contribution in [3.63, 3.8) is 0 Å². The molecule has 0 atom stereocenters. The first kappa shape index (κ1) is 13.3. The van der Waals surface area contributed by atoms with E-state index >= 15 is 0 Å². The van der Waals surface area contributed by atoms with Crippen LogP contribution in [0.1, 0.15) is 21.7 Å². The molecule has 5 heteroatoms. The third kappa shape index (κ3) is 2.63. The van der Waals surface area contributed by atoms with Crippen LogP contribution in [0.2, 0.25) is 0 Å². The highest BCUT2D eigenvalue weighted by atomic mass is 19.1. The molecule has 0 aliphatic carbocycles. The van der Waals surface area contributed by atoms with E-state index in [1.54, 1.807) is 19.3 Å². The zero-order valence-electron chi connectivity index (χ0n) is 11.4. The third-order valence-electron chi connectivity index (χ3n) is 3.31. The molecule has 0 aliphatic rings. The average molecular weight is 284 g/mol. The number of amides is 1. The van der Waals surface area contributed by atoms with Gasteiger partial charge in [-0.2, -0.15) is 0 Å². The minimum absolute atomic E-state index is 0.213. The molecule has 0 spiro atoms. The Hall–Kier alpha value is -2.69. The van der Waals surface area contributed by atoms with Crippen molar-refractivity contribution in [2.24, 2.45) is 0 Å². The number of nitrogens with one attached hydrogen (secondary N) is 1. The molecule has 3 rings (SSSR count).